The van der Waals surface area contributed by atoms with Gasteiger partial charge in [-0.2, -0.15) is 0 Å². The number of carbonyl (C=O) groups excluding carboxylic acids is 4. The van der Waals surface area contributed by atoms with Gasteiger partial charge in [0.15, 0.2) is 15.6 Å². The first kappa shape index (κ1) is 33.7. The standard InChI is InChI=1S/C30H42N4O9S/c1-19(31-24(35)17-34-12-14-42-15-13-34)28(38)33-25(26(36)21-8-10-22(11-9-21)44(3,40)41)29(39)32-23(16-20-6-4-5-7-20)27(37)30(2)18-43-30/h6,8-11,19,23,25-26,36H,4-5,7,12-18H2,1-3H3,(H,31,35)(H,32,39)(H,33,38)/t19-,23-,25-,26+,30+/m0/s1. The van der Waals surface area contributed by atoms with E-state index >= 15 is 0 Å². The van der Waals surface area contributed by atoms with E-state index in [0.29, 0.717) is 26.3 Å². The number of nitrogens with zero attached hydrogens (tertiary/aromatic N) is 1. The van der Waals surface area contributed by atoms with Crippen LogP contribution in [0.2, 0.25) is 0 Å². The number of hydrogen-bond donors (Lipinski definition) is 4. The molecular weight excluding hydrogens is 592 g/mol. The zero-order valence-corrected chi connectivity index (χ0v) is 26.2. The minimum atomic E-state index is -3.52. The van der Waals surface area contributed by atoms with Crippen LogP contribution in [0.25, 0.3) is 0 Å². The van der Waals surface area contributed by atoms with E-state index in [4.69, 9.17) is 9.47 Å². The van der Waals surface area contributed by atoms with Crippen LogP contribution in [0.1, 0.15) is 51.2 Å². The van der Waals surface area contributed by atoms with Gasteiger partial charge in [0.1, 0.15) is 23.8 Å². The van der Waals surface area contributed by atoms with Crippen LogP contribution in [0.5, 0.6) is 0 Å². The Morgan fingerprint density at radius 2 is 1.70 bits per heavy atom. The van der Waals surface area contributed by atoms with E-state index in [0.717, 1.165) is 31.1 Å². The molecule has 3 aliphatic rings. The summed E-state index contributed by atoms with van der Waals surface area (Å²) in [5.41, 5.74) is 0.178. The lowest BCUT2D eigenvalue weighted by molar-refractivity contribution is -0.136. The predicted molar refractivity (Wildman–Crippen MR) is 159 cm³/mol. The van der Waals surface area contributed by atoms with Crippen LogP contribution in [0.4, 0.5) is 0 Å². The highest BCUT2D eigenvalue weighted by Crippen LogP contribution is 2.31. The summed E-state index contributed by atoms with van der Waals surface area (Å²) in [7, 11) is -3.52. The van der Waals surface area contributed by atoms with Crippen molar-refractivity contribution in [3.05, 3.63) is 41.5 Å². The molecule has 2 heterocycles. The third kappa shape index (κ3) is 8.94. The van der Waals surface area contributed by atoms with Crippen LogP contribution < -0.4 is 16.0 Å². The molecule has 0 unspecified atom stereocenters. The highest BCUT2D eigenvalue weighted by molar-refractivity contribution is 7.90. The van der Waals surface area contributed by atoms with Gasteiger partial charge in [-0.15, -0.1) is 0 Å². The topological polar surface area (TPSA) is 184 Å². The number of epoxide rings is 1. The van der Waals surface area contributed by atoms with E-state index in [-0.39, 0.29) is 41.7 Å². The van der Waals surface area contributed by atoms with Crippen LogP contribution >= 0.6 is 0 Å². The van der Waals surface area contributed by atoms with Crippen molar-refractivity contribution in [2.45, 2.75) is 74.3 Å². The number of allylic oxidation sites excluding steroid dienone is 1. The summed E-state index contributed by atoms with van der Waals surface area (Å²) in [6.45, 7) is 5.59. The molecule has 0 saturated carbocycles. The van der Waals surface area contributed by atoms with Gasteiger partial charge in [0.05, 0.1) is 37.3 Å². The minimum absolute atomic E-state index is 0.0169. The zero-order chi connectivity index (χ0) is 32.1. The lowest BCUT2D eigenvalue weighted by atomic mass is 9.93. The van der Waals surface area contributed by atoms with Crippen molar-refractivity contribution < 1.29 is 42.2 Å². The number of morpholine rings is 1. The fourth-order valence-corrected chi connectivity index (χ4v) is 5.89. The van der Waals surface area contributed by atoms with Crippen molar-refractivity contribution in [3.63, 3.8) is 0 Å². The first-order chi connectivity index (χ1) is 20.8. The van der Waals surface area contributed by atoms with Crippen LogP contribution in [0, 0.1) is 0 Å². The molecule has 2 aliphatic heterocycles. The molecule has 242 valence electrons. The minimum Gasteiger partial charge on any atom is -0.386 e. The fourth-order valence-electron chi connectivity index (χ4n) is 5.26. The van der Waals surface area contributed by atoms with Crippen molar-refractivity contribution in [2.75, 3.05) is 45.7 Å². The Hall–Kier alpha value is -3.17. The van der Waals surface area contributed by atoms with Gasteiger partial charge < -0.3 is 30.5 Å². The molecule has 0 bridgehead atoms. The molecular formula is C30H42N4O9S. The molecule has 14 heteroatoms. The quantitative estimate of drug-likeness (QED) is 0.158. The number of benzene rings is 1. The summed E-state index contributed by atoms with van der Waals surface area (Å²) in [6.07, 6.45) is 4.39. The maximum absolute atomic E-state index is 13.8. The Morgan fingerprint density at radius 3 is 2.27 bits per heavy atom. The Labute approximate surface area is 257 Å². The molecule has 0 spiro atoms. The lowest BCUT2D eigenvalue weighted by Gasteiger charge is -2.29. The molecule has 2 fully saturated rings. The molecule has 1 aromatic rings. The highest BCUT2D eigenvalue weighted by atomic mass is 32.2. The van der Waals surface area contributed by atoms with Gasteiger partial charge in [0, 0.05) is 19.3 Å². The number of ketones is 1. The number of amides is 3. The second-order valence-corrected chi connectivity index (χ2v) is 13.9. The number of hydrogen-bond acceptors (Lipinski definition) is 10. The molecule has 0 aromatic heterocycles. The predicted octanol–water partition coefficient (Wildman–Crippen LogP) is -0.212. The molecule has 44 heavy (non-hydrogen) atoms. The van der Waals surface area contributed by atoms with E-state index < -0.39 is 51.5 Å². The number of nitrogens with one attached hydrogen (secondary N) is 3. The van der Waals surface area contributed by atoms with E-state index in [1.54, 1.807) is 6.92 Å². The van der Waals surface area contributed by atoms with Crippen molar-refractivity contribution in [3.8, 4) is 0 Å². The third-order valence-electron chi connectivity index (χ3n) is 8.12. The number of aliphatic hydroxyl groups excluding tert-OH is 1. The molecule has 0 radical (unpaired) electrons. The van der Waals surface area contributed by atoms with E-state index in [2.05, 4.69) is 16.0 Å². The van der Waals surface area contributed by atoms with Crippen molar-refractivity contribution >= 4 is 33.3 Å². The van der Waals surface area contributed by atoms with Crippen LogP contribution in [0.15, 0.2) is 40.8 Å². The van der Waals surface area contributed by atoms with Crippen molar-refractivity contribution in [1.82, 2.24) is 20.9 Å². The first-order valence-electron chi connectivity index (χ1n) is 14.8. The SMILES string of the molecule is C[C@H](NC(=O)CN1CCOCC1)C(=O)N[C@H](C(=O)N[C@@H](CC1=CCCC1)C(=O)[C@@]1(C)CO1)[C@H](O)c1ccc(S(C)(=O)=O)cc1. The van der Waals surface area contributed by atoms with Gasteiger partial charge in [-0.25, -0.2) is 8.42 Å². The Bertz CT molecular complexity index is 1370. The summed E-state index contributed by atoms with van der Waals surface area (Å²) in [5.74, 6) is -2.24. The largest absolute Gasteiger partial charge is 0.386 e. The molecule has 13 nitrogen and oxygen atoms in total. The molecule has 2 saturated heterocycles. The number of Topliss-reactive ketones (excluding diaryl/α,β-unsaturated/α-hetero) is 1. The highest BCUT2D eigenvalue weighted by Gasteiger charge is 2.50. The smallest absolute Gasteiger partial charge is 0.246 e. The monoisotopic (exact) mass is 634 g/mol. The maximum Gasteiger partial charge on any atom is 0.246 e. The van der Waals surface area contributed by atoms with E-state index in [9.17, 15) is 32.7 Å². The van der Waals surface area contributed by atoms with Crippen molar-refractivity contribution in [2.24, 2.45) is 0 Å². The van der Waals surface area contributed by atoms with Gasteiger partial charge in [0.25, 0.3) is 0 Å². The first-order valence-corrected chi connectivity index (χ1v) is 16.7. The fraction of sp³-hybridized carbons (Fsp3) is 0.600. The van der Waals surface area contributed by atoms with E-state index in [1.165, 1.54) is 31.2 Å². The normalized spacial score (nSPS) is 23.0. The summed E-state index contributed by atoms with van der Waals surface area (Å²) in [6, 6.07) is 1.71. The average molecular weight is 635 g/mol. The molecule has 4 N–H and O–H groups in total. The van der Waals surface area contributed by atoms with E-state index in [1.807, 2.05) is 11.0 Å². The molecule has 1 aromatic carbocycles. The second-order valence-electron chi connectivity index (χ2n) is 11.9. The summed E-state index contributed by atoms with van der Waals surface area (Å²) < 4.78 is 34.5. The number of carbonyl (C=O) groups is 4. The lowest BCUT2D eigenvalue weighted by Crippen LogP contribution is -2.58. The Morgan fingerprint density at radius 1 is 1.05 bits per heavy atom. The van der Waals surface area contributed by atoms with Crippen molar-refractivity contribution in [1.29, 1.82) is 0 Å². The number of sulfone groups is 1. The molecule has 4 rings (SSSR count). The van der Waals surface area contributed by atoms with Gasteiger partial charge in [-0.05, 0) is 57.2 Å². The molecule has 1 aliphatic carbocycles. The number of rotatable bonds is 14. The summed E-state index contributed by atoms with van der Waals surface area (Å²) in [4.78, 5) is 54.8. The van der Waals surface area contributed by atoms with Crippen LogP contribution in [-0.2, 0) is 38.5 Å². The van der Waals surface area contributed by atoms with Crippen LogP contribution in [0.3, 0.4) is 0 Å². The zero-order valence-electron chi connectivity index (χ0n) is 25.3. The van der Waals surface area contributed by atoms with Gasteiger partial charge in [0.2, 0.25) is 17.7 Å². The van der Waals surface area contributed by atoms with Gasteiger partial charge >= 0.3 is 0 Å². The Balaban J connectivity index is 1.52. The van der Waals surface area contributed by atoms with Crippen LogP contribution in [-0.4, -0.2) is 111 Å². The van der Waals surface area contributed by atoms with Gasteiger partial charge in [-0.3, -0.25) is 24.1 Å². The van der Waals surface area contributed by atoms with Gasteiger partial charge in [-0.1, -0.05) is 23.8 Å². The Kier molecular flexibility index (Phi) is 10.9. The third-order valence-corrected chi connectivity index (χ3v) is 9.25. The second kappa shape index (κ2) is 14.3. The maximum atomic E-state index is 13.8. The number of aliphatic hydroxyl groups is 1. The number of ether oxygens (including phenoxy) is 2. The summed E-state index contributed by atoms with van der Waals surface area (Å²) in [5, 5.41) is 19.2. The summed E-state index contributed by atoms with van der Waals surface area (Å²) >= 11 is 0. The molecule has 3 amide bonds. The average Bonchev–Trinajstić information content (AvgIpc) is 3.52. The molecule has 5 atom stereocenters.